The lowest BCUT2D eigenvalue weighted by Crippen LogP contribution is -2.46. The number of hydrogen-bond donors (Lipinski definition) is 2. The van der Waals surface area contributed by atoms with Crippen LogP contribution in [0, 0.1) is 0 Å². The number of nitrogens with one attached hydrogen (secondary N) is 1. The molecular formula is C18H21NO4. The number of aliphatic carboxylic acids is 1. The van der Waals surface area contributed by atoms with Crippen LogP contribution in [-0.2, 0) is 16.6 Å². The molecule has 0 aliphatic carbocycles. The number of benzene rings is 1. The molecule has 1 atom stereocenters. The number of carbonyl (C=O) groups excluding carboxylic acids is 1. The van der Waals surface area contributed by atoms with Gasteiger partial charge in [0.05, 0.1) is 11.8 Å². The van der Waals surface area contributed by atoms with Crippen molar-refractivity contribution >= 4 is 11.9 Å². The minimum absolute atomic E-state index is 0.0238. The molecule has 0 saturated carbocycles. The topological polar surface area (TPSA) is 79.5 Å². The van der Waals surface area contributed by atoms with Gasteiger partial charge < -0.3 is 14.8 Å². The fourth-order valence-corrected chi connectivity index (χ4v) is 2.68. The molecule has 23 heavy (non-hydrogen) atoms. The second-order valence-electron chi connectivity index (χ2n) is 5.40. The van der Waals surface area contributed by atoms with E-state index in [0.29, 0.717) is 29.7 Å². The highest BCUT2D eigenvalue weighted by Crippen LogP contribution is 2.28. The van der Waals surface area contributed by atoms with E-state index in [1.807, 2.05) is 19.9 Å². The van der Waals surface area contributed by atoms with Crippen LogP contribution < -0.4 is 5.32 Å². The molecule has 0 fully saturated rings. The molecule has 2 rings (SSSR count). The smallest absolute Gasteiger partial charge is 0.315 e. The van der Waals surface area contributed by atoms with Crippen LogP contribution in [0.3, 0.4) is 0 Å². The molecule has 2 N–H and O–H groups in total. The van der Waals surface area contributed by atoms with Crippen LogP contribution in [0.4, 0.5) is 0 Å². The first kappa shape index (κ1) is 16.8. The van der Waals surface area contributed by atoms with Crippen LogP contribution in [0.1, 0.15) is 41.9 Å². The number of aryl methyl sites for hydroxylation is 1. The molecule has 1 unspecified atom stereocenters. The Balaban J connectivity index is 2.23. The van der Waals surface area contributed by atoms with Crippen molar-refractivity contribution in [2.24, 2.45) is 0 Å². The van der Waals surface area contributed by atoms with E-state index < -0.39 is 11.4 Å². The fraction of sp³-hybridized carbons (Fsp3) is 0.333. The van der Waals surface area contributed by atoms with Crippen LogP contribution >= 0.6 is 0 Å². The van der Waals surface area contributed by atoms with E-state index in [4.69, 9.17) is 4.42 Å². The number of rotatable bonds is 7. The van der Waals surface area contributed by atoms with Gasteiger partial charge in [0.2, 0.25) is 0 Å². The molecular weight excluding hydrogens is 294 g/mol. The van der Waals surface area contributed by atoms with Crippen molar-refractivity contribution < 1.29 is 19.1 Å². The van der Waals surface area contributed by atoms with E-state index in [1.54, 1.807) is 30.3 Å². The molecule has 1 amide bonds. The summed E-state index contributed by atoms with van der Waals surface area (Å²) in [5.41, 5.74) is -0.0123. The normalized spacial score (nSPS) is 13.3. The lowest BCUT2D eigenvalue weighted by Gasteiger charge is -2.29. The predicted octanol–water partition coefficient (Wildman–Crippen LogP) is 3.00. The van der Waals surface area contributed by atoms with Gasteiger partial charge in [-0.05, 0) is 18.1 Å². The average molecular weight is 315 g/mol. The van der Waals surface area contributed by atoms with Gasteiger partial charge in [-0.15, -0.1) is 0 Å². The maximum Gasteiger partial charge on any atom is 0.315 e. The molecule has 0 aliphatic heterocycles. The van der Waals surface area contributed by atoms with Crippen LogP contribution in [0.25, 0.3) is 0 Å². The molecule has 1 heterocycles. The van der Waals surface area contributed by atoms with E-state index in [1.165, 1.54) is 6.26 Å². The Kier molecular flexibility index (Phi) is 5.21. The van der Waals surface area contributed by atoms with Crippen molar-refractivity contribution in [3.05, 3.63) is 59.5 Å². The Bertz CT molecular complexity index is 677. The van der Waals surface area contributed by atoms with Crippen LogP contribution in [0.15, 0.2) is 47.1 Å². The van der Waals surface area contributed by atoms with E-state index >= 15 is 0 Å². The molecule has 5 nitrogen and oxygen atoms in total. The third-order valence-electron chi connectivity index (χ3n) is 4.20. The Labute approximate surface area is 135 Å². The molecule has 2 aromatic rings. The molecule has 122 valence electrons. The van der Waals surface area contributed by atoms with Gasteiger partial charge in [-0.25, -0.2) is 0 Å². The predicted molar refractivity (Wildman–Crippen MR) is 86.5 cm³/mol. The van der Waals surface area contributed by atoms with Crippen molar-refractivity contribution in [1.29, 1.82) is 0 Å². The summed E-state index contributed by atoms with van der Waals surface area (Å²) in [6, 6.07) is 10.6. The number of furan rings is 1. The number of amides is 1. The van der Waals surface area contributed by atoms with Gasteiger partial charge in [0, 0.05) is 13.0 Å². The Morgan fingerprint density at radius 2 is 1.87 bits per heavy atom. The lowest BCUT2D eigenvalue weighted by molar-refractivity contribution is -0.143. The maximum atomic E-state index is 12.3. The molecule has 0 saturated heterocycles. The molecule has 0 bridgehead atoms. The van der Waals surface area contributed by atoms with Crippen LogP contribution in [0.2, 0.25) is 0 Å². The molecule has 1 aromatic heterocycles. The molecule has 1 aromatic carbocycles. The highest BCUT2D eigenvalue weighted by molar-refractivity contribution is 5.95. The van der Waals surface area contributed by atoms with Crippen molar-refractivity contribution in [2.75, 3.05) is 6.54 Å². The Hall–Kier alpha value is -2.56. The SMILES string of the molecule is CCc1occc1C(=O)NCC(CC)(C(=O)O)c1ccccc1. The Morgan fingerprint density at radius 1 is 1.17 bits per heavy atom. The van der Waals surface area contributed by atoms with Crippen LogP contribution in [-0.4, -0.2) is 23.5 Å². The summed E-state index contributed by atoms with van der Waals surface area (Å²) in [6.45, 7) is 3.73. The minimum atomic E-state index is -1.15. The summed E-state index contributed by atoms with van der Waals surface area (Å²) in [7, 11) is 0. The minimum Gasteiger partial charge on any atom is -0.481 e. The van der Waals surface area contributed by atoms with Crippen molar-refractivity contribution in [3.63, 3.8) is 0 Å². The fourth-order valence-electron chi connectivity index (χ4n) is 2.68. The number of carbonyl (C=O) groups is 2. The molecule has 0 radical (unpaired) electrons. The first-order valence-corrected chi connectivity index (χ1v) is 7.68. The van der Waals surface area contributed by atoms with Gasteiger partial charge in [0.15, 0.2) is 0 Å². The van der Waals surface area contributed by atoms with Crippen molar-refractivity contribution in [2.45, 2.75) is 32.1 Å². The summed E-state index contributed by atoms with van der Waals surface area (Å²) in [5.74, 6) is -0.667. The highest BCUT2D eigenvalue weighted by atomic mass is 16.4. The van der Waals surface area contributed by atoms with Crippen molar-refractivity contribution in [1.82, 2.24) is 5.32 Å². The van der Waals surface area contributed by atoms with E-state index in [2.05, 4.69) is 5.32 Å². The highest BCUT2D eigenvalue weighted by Gasteiger charge is 2.39. The standard InChI is InChI=1S/C18H21NO4/c1-3-15-14(10-11-23-15)16(20)19-12-18(4-2,17(21)22)13-8-6-5-7-9-13/h5-11H,3-4,12H2,1-2H3,(H,19,20)(H,21,22). The summed E-state index contributed by atoms with van der Waals surface area (Å²) in [6.07, 6.45) is 2.44. The third kappa shape index (κ3) is 3.28. The first-order valence-electron chi connectivity index (χ1n) is 7.68. The zero-order valence-corrected chi connectivity index (χ0v) is 13.3. The summed E-state index contributed by atoms with van der Waals surface area (Å²) < 4.78 is 5.25. The number of carboxylic acid groups (broad SMARTS) is 1. The maximum absolute atomic E-state index is 12.3. The third-order valence-corrected chi connectivity index (χ3v) is 4.20. The second kappa shape index (κ2) is 7.13. The van der Waals surface area contributed by atoms with E-state index in [-0.39, 0.29) is 12.5 Å². The van der Waals surface area contributed by atoms with Gasteiger partial charge in [-0.1, -0.05) is 44.2 Å². The number of hydrogen-bond acceptors (Lipinski definition) is 3. The van der Waals surface area contributed by atoms with Gasteiger partial charge in [0.25, 0.3) is 5.91 Å². The second-order valence-corrected chi connectivity index (χ2v) is 5.40. The monoisotopic (exact) mass is 315 g/mol. The van der Waals surface area contributed by atoms with Crippen molar-refractivity contribution in [3.8, 4) is 0 Å². The number of carboxylic acids is 1. The summed E-state index contributed by atoms with van der Waals surface area (Å²) >= 11 is 0. The molecule has 0 spiro atoms. The summed E-state index contributed by atoms with van der Waals surface area (Å²) in [4.78, 5) is 24.2. The van der Waals surface area contributed by atoms with Gasteiger partial charge in [-0.2, -0.15) is 0 Å². The zero-order chi connectivity index (χ0) is 16.9. The van der Waals surface area contributed by atoms with E-state index in [0.717, 1.165) is 0 Å². The van der Waals surface area contributed by atoms with Crippen LogP contribution in [0.5, 0.6) is 0 Å². The lowest BCUT2D eigenvalue weighted by atomic mass is 9.78. The molecule has 5 heteroatoms. The average Bonchev–Trinajstić information content (AvgIpc) is 3.05. The van der Waals surface area contributed by atoms with Gasteiger partial charge in [-0.3, -0.25) is 9.59 Å². The first-order chi connectivity index (χ1) is 11.0. The Morgan fingerprint density at radius 3 is 2.43 bits per heavy atom. The molecule has 0 aliphatic rings. The van der Waals surface area contributed by atoms with Gasteiger partial charge >= 0.3 is 5.97 Å². The summed E-state index contributed by atoms with van der Waals surface area (Å²) in [5, 5.41) is 12.5. The largest absolute Gasteiger partial charge is 0.481 e. The zero-order valence-electron chi connectivity index (χ0n) is 13.3. The quantitative estimate of drug-likeness (QED) is 0.823. The van der Waals surface area contributed by atoms with E-state index in [9.17, 15) is 14.7 Å². The van der Waals surface area contributed by atoms with Gasteiger partial charge in [0.1, 0.15) is 11.2 Å².